The molecule has 7 heteroatoms. The van der Waals surface area contributed by atoms with Gasteiger partial charge < -0.3 is 10.6 Å². The summed E-state index contributed by atoms with van der Waals surface area (Å²) >= 11 is 0. The lowest BCUT2D eigenvalue weighted by Gasteiger charge is -2.09. The number of hydrogen-bond acceptors (Lipinski definition) is 5. The Balaban J connectivity index is 2.47. The molecule has 1 aromatic rings. The second-order valence-corrected chi connectivity index (χ2v) is 5.85. The SMILES string of the molecule is CCCNc1cc(NCCS(=O)(=O)NC)ccn1. The van der Waals surface area contributed by atoms with Crippen molar-refractivity contribution < 1.29 is 8.42 Å². The Kier molecular flexibility index (Phi) is 5.87. The summed E-state index contributed by atoms with van der Waals surface area (Å²) in [5.74, 6) is 0.835. The molecule has 0 unspecified atom stereocenters. The highest BCUT2D eigenvalue weighted by atomic mass is 32.2. The van der Waals surface area contributed by atoms with Crippen LogP contribution in [-0.4, -0.2) is 39.3 Å². The first-order valence-corrected chi connectivity index (χ1v) is 7.57. The first-order chi connectivity index (χ1) is 8.57. The third-order valence-corrected chi connectivity index (χ3v) is 3.69. The van der Waals surface area contributed by atoms with E-state index in [9.17, 15) is 8.42 Å². The van der Waals surface area contributed by atoms with E-state index in [1.165, 1.54) is 7.05 Å². The van der Waals surface area contributed by atoms with E-state index in [2.05, 4.69) is 27.3 Å². The van der Waals surface area contributed by atoms with Crippen LogP contribution in [0, 0.1) is 0 Å². The molecule has 0 fully saturated rings. The highest BCUT2D eigenvalue weighted by molar-refractivity contribution is 7.89. The number of nitrogens with zero attached hydrogens (tertiary/aromatic N) is 1. The second-order valence-electron chi connectivity index (χ2n) is 3.81. The zero-order valence-corrected chi connectivity index (χ0v) is 11.5. The summed E-state index contributed by atoms with van der Waals surface area (Å²) < 4.78 is 24.7. The first kappa shape index (κ1) is 14.7. The Labute approximate surface area is 108 Å². The number of sulfonamides is 1. The lowest BCUT2D eigenvalue weighted by molar-refractivity contribution is 0.588. The molecule has 0 spiro atoms. The van der Waals surface area contributed by atoms with Crippen LogP contribution < -0.4 is 15.4 Å². The molecule has 0 radical (unpaired) electrons. The molecule has 3 N–H and O–H groups in total. The molecule has 0 aliphatic rings. The standard InChI is InChI=1S/C11H20N4O2S/c1-3-5-14-11-9-10(4-6-15-11)13-7-8-18(16,17)12-2/h4,6,9,12H,3,5,7-8H2,1-2H3,(H2,13,14,15). The lowest BCUT2D eigenvalue weighted by Crippen LogP contribution is -2.26. The minimum atomic E-state index is -3.16. The van der Waals surface area contributed by atoms with E-state index in [1.54, 1.807) is 6.20 Å². The normalized spacial score (nSPS) is 11.2. The fourth-order valence-electron chi connectivity index (χ4n) is 1.32. The van der Waals surface area contributed by atoms with Gasteiger partial charge in [-0.1, -0.05) is 6.92 Å². The third-order valence-electron chi connectivity index (χ3n) is 2.33. The summed E-state index contributed by atoms with van der Waals surface area (Å²) in [4.78, 5) is 4.17. The number of pyridine rings is 1. The molecular formula is C11H20N4O2S. The van der Waals surface area contributed by atoms with Crippen LogP contribution in [0.4, 0.5) is 11.5 Å². The number of hydrogen-bond donors (Lipinski definition) is 3. The van der Waals surface area contributed by atoms with E-state index in [0.717, 1.165) is 24.5 Å². The van der Waals surface area contributed by atoms with Crippen molar-refractivity contribution in [2.45, 2.75) is 13.3 Å². The van der Waals surface area contributed by atoms with E-state index < -0.39 is 10.0 Å². The van der Waals surface area contributed by atoms with Crippen molar-refractivity contribution in [3.8, 4) is 0 Å². The summed E-state index contributed by atoms with van der Waals surface area (Å²) in [5.41, 5.74) is 0.856. The van der Waals surface area contributed by atoms with Gasteiger partial charge in [-0.3, -0.25) is 0 Å². The Morgan fingerprint density at radius 2 is 2.06 bits per heavy atom. The van der Waals surface area contributed by atoms with E-state index >= 15 is 0 Å². The van der Waals surface area contributed by atoms with Crippen LogP contribution in [0.5, 0.6) is 0 Å². The zero-order chi connectivity index (χ0) is 13.4. The van der Waals surface area contributed by atoms with Gasteiger partial charge in [-0.2, -0.15) is 0 Å². The van der Waals surface area contributed by atoms with Gasteiger partial charge in [0, 0.05) is 31.0 Å². The van der Waals surface area contributed by atoms with Crippen LogP contribution >= 0.6 is 0 Å². The summed E-state index contributed by atoms with van der Waals surface area (Å²) in [5, 5.41) is 6.22. The summed E-state index contributed by atoms with van der Waals surface area (Å²) in [7, 11) is -1.75. The Hall–Kier alpha value is -1.34. The number of nitrogens with one attached hydrogen (secondary N) is 3. The highest BCUT2D eigenvalue weighted by Gasteiger charge is 2.05. The van der Waals surface area contributed by atoms with Gasteiger partial charge in [0.25, 0.3) is 0 Å². The number of rotatable bonds is 8. The molecule has 0 bridgehead atoms. The number of anilines is 2. The summed E-state index contributed by atoms with van der Waals surface area (Å²) in [6.45, 7) is 3.31. The minimum absolute atomic E-state index is 0.0452. The molecule has 18 heavy (non-hydrogen) atoms. The van der Waals surface area contributed by atoms with Crippen molar-refractivity contribution in [1.29, 1.82) is 0 Å². The topological polar surface area (TPSA) is 83.1 Å². The van der Waals surface area contributed by atoms with E-state index in [0.29, 0.717) is 6.54 Å². The molecule has 6 nitrogen and oxygen atoms in total. The molecule has 0 aliphatic heterocycles. The van der Waals surface area contributed by atoms with Gasteiger partial charge in [0.05, 0.1) is 5.75 Å². The maximum atomic E-state index is 11.2. The molecule has 1 aromatic heterocycles. The molecule has 0 aliphatic carbocycles. The van der Waals surface area contributed by atoms with Gasteiger partial charge in [-0.25, -0.2) is 18.1 Å². The minimum Gasteiger partial charge on any atom is -0.384 e. The molecule has 0 saturated heterocycles. The Morgan fingerprint density at radius 1 is 1.28 bits per heavy atom. The fraction of sp³-hybridized carbons (Fsp3) is 0.545. The van der Waals surface area contributed by atoms with E-state index in [-0.39, 0.29) is 5.75 Å². The van der Waals surface area contributed by atoms with Gasteiger partial charge in [0.15, 0.2) is 0 Å². The van der Waals surface area contributed by atoms with Gasteiger partial charge in [-0.15, -0.1) is 0 Å². The predicted octanol–water partition coefficient (Wildman–Crippen LogP) is 0.865. The highest BCUT2D eigenvalue weighted by Crippen LogP contribution is 2.11. The zero-order valence-electron chi connectivity index (χ0n) is 10.7. The van der Waals surface area contributed by atoms with Crippen molar-refractivity contribution in [2.24, 2.45) is 0 Å². The van der Waals surface area contributed by atoms with Crippen molar-refractivity contribution in [1.82, 2.24) is 9.71 Å². The maximum absolute atomic E-state index is 11.2. The first-order valence-electron chi connectivity index (χ1n) is 5.92. The summed E-state index contributed by atoms with van der Waals surface area (Å²) in [6.07, 6.45) is 2.71. The monoisotopic (exact) mass is 272 g/mol. The largest absolute Gasteiger partial charge is 0.384 e. The number of aromatic nitrogens is 1. The molecule has 1 heterocycles. The predicted molar refractivity (Wildman–Crippen MR) is 74.4 cm³/mol. The smallest absolute Gasteiger partial charge is 0.213 e. The molecule has 102 valence electrons. The van der Waals surface area contributed by atoms with Crippen LogP contribution in [0.15, 0.2) is 18.3 Å². The van der Waals surface area contributed by atoms with E-state index in [1.807, 2.05) is 12.1 Å². The lowest BCUT2D eigenvalue weighted by atomic mass is 10.3. The average molecular weight is 272 g/mol. The van der Waals surface area contributed by atoms with E-state index in [4.69, 9.17) is 0 Å². The third kappa shape index (κ3) is 5.33. The van der Waals surface area contributed by atoms with Crippen LogP contribution in [-0.2, 0) is 10.0 Å². The van der Waals surface area contributed by atoms with Crippen molar-refractivity contribution >= 4 is 21.5 Å². The van der Waals surface area contributed by atoms with Crippen LogP contribution in [0.3, 0.4) is 0 Å². The summed E-state index contributed by atoms with van der Waals surface area (Å²) in [6, 6.07) is 3.67. The van der Waals surface area contributed by atoms with Crippen molar-refractivity contribution in [3.63, 3.8) is 0 Å². The van der Waals surface area contributed by atoms with Crippen molar-refractivity contribution in [3.05, 3.63) is 18.3 Å². The molecule has 0 saturated carbocycles. The van der Waals surface area contributed by atoms with Gasteiger partial charge in [0.2, 0.25) is 10.0 Å². The molecular weight excluding hydrogens is 252 g/mol. The van der Waals surface area contributed by atoms with Gasteiger partial charge in [-0.05, 0) is 19.5 Å². The Bertz CT molecular complexity index is 462. The molecule has 0 amide bonds. The fourth-order valence-corrected chi connectivity index (χ4v) is 1.90. The quantitative estimate of drug-likeness (QED) is 0.654. The Morgan fingerprint density at radius 3 is 2.72 bits per heavy atom. The molecule has 0 aromatic carbocycles. The van der Waals surface area contributed by atoms with Crippen LogP contribution in [0.25, 0.3) is 0 Å². The average Bonchev–Trinajstić information content (AvgIpc) is 2.37. The van der Waals surface area contributed by atoms with Gasteiger partial charge in [0.1, 0.15) is 5.82 Å². The molecule has 0 atom stereocenters. The van der Waals surface area contributed by atoms with Crippen LogP contribution in [0.1, 0.15) is 13.3 Å². The second kappa shape index (κ2) is 7.17. The maximum Gasteiger partial charge on any atom is 0.213 e. The van der Waals surface area contributed by atoms with Crippen molar-refractivity contribution in [2.75, 3.05) is 36.5 Å². The molecule has 1 rings (SSSR count). The van der Waals surface area contributed by atoms with Gasteiger partial charge >= 0.3 is 0 Å². The van der Waals surface area contributed by atoms with Crippen LogP contribution in [0.2, 0.25) is 0 Å².